The lowest BCUT2D eigenvalue weighted by molar-refractivity contribution is 0.0690. The molecule has 2 rings (SSSR count). The van der Waals surface area contributed by atoms with Crippen LogP contribution in [0.5, 0.6) is 0 Å². The van der Waals surface area contributed by atoms with Gasteiger partial charge in [0.05, 0.1) is 5.69 Å². The van der Waals surface area contributed by atoms with Crippen molar-refractivity contribution in [3.63, 3.8) is 0 Å². The molecule has 0 saturated heterocycles. The highest BCUT2D eigenvalue weighted by Crippen LogP contribution is 2.20. The van der Waals surface area contributed by atoms with E-state index in [1.54, 1.807) is 0 Å². The third-order valence-corrected chi connectivity index (χ3v) is 2.33. The fourth-order valence-electron chi connectivity index (χ4n) is 1.70. The number of carboxylic acids is 1. The second-order valence-electron chi connectivity index (χ2n) is 3.85. The third-order valence-electron chi connectivity index (χ3n) is 2.33. The highest BCUT2D eigenvalue weighted by atomic mass is 16.4. The summed E-state index contributed by atoms with van der Waals surface area (Å²) in [5, 5.41) is 15.3. The molecule has 0 amide bonds. The molecule has 0 fully saturated rings. The Hall–Kier alpha value is -2.10. The average Bonchev–Trinajstić information content (AvgIpc) is 2.64. The van der Waals surface area contributed by atoms with Gasteiger partial charge in [0.15, 0.2) is 0 Å². The van der Waals surface area contributed by atoms with Crippen molar-refractivity contribution in [1.29, 1.82) is 0 Å². The van der Waals surface area contributed by atoms with E-state index in [1.807, 2.05) is 26.0 Å². The highest BCUT2D eigenvalue weighted by Gasteiger charge is 2.09. The lowest BCUT2D eigenvalue weighted by atomic mass is 10.1. The number of carbonyl (C=O) groups is 1. The summed E-state index contributed by atoms with van der Waals surface area (Å²) < 4.78 is 0. The lowest BCUT2D eigenvalue weighted by Crippen LogP contribution is -1.95. The first-order valence-electron chi connectivity index (χ1n) is 4.93. The number of nitrogens with one attached hydrogen (secondary N) is 1. The summed E-state index contributed by atoms with van der Waals surface area (Å²) in [4.78, 5) is 10.7. The van der Waals surface area contributed by atoms with Gasteiger partial charge >= 0.3 is 5.97 Å². The number of hydrogen-bond acceptors (Lipinski definition) is 2. The van der Waals surface area contributed by atoms with Crippen LogP contribution in [-0.2, 0) is 0 Å². The van der Waals surface area contributed by atoms with Crippen LogP contribution in [0.2, 0.25) is 0 Å². The number of carboxylic acid groups (broad SMARTS) is 1. The number of aromatic amines is 1. The molecule has 0 saturated carbocycles. The van der Waals surface area contributed by atoms with Crippen LogP contribution in [0, 0.1) is 13.8 Å². The maximum atomic E-state index is 10.7. The standard InChI is InChI=1S/C12H12N2O2/c1-7-3-8(2)5-9(4-7)10-6-11(12(15)16)14-13-10/h3-6H,1-2H3,(H,13,14)(H,15,16). The van der Waals surface area contributed by atoms with Gasteiger partial charge in [0.25, 0.3) is 0 Å². The van der Waals surface area contributed by atoms with Crippen LogP contribution in [-0.4, -0.2) is 21.3 Å². The minimum Gasteiger partial charge on any atom is -0.477 e. The second kappa shape index (κ2) is 3.81. The molecule has 0 aliphatic heterocycles. The van der Waals surface area contributed by atoms with E-state index in [4.69, 9.17) is 5.11 Å². The SMILES string of the molecule is Cc1cc(C)cc(-c2cc(C(=O)O)[nH]n2)c1. The summed E-state index contributed by atoms with van der Waals surface area (Å²) in [6.07, 6.45) is 0. The molecule has 82 valence electrons. The van der Waals surface area contributed by atoms with Gasteiger partial charge in [-0.1, -0.05) is 17.2 Å². The molecular weight excluding hydrogens is 204 g/mol. The molecule has 0 bridgehead atoms. The van der Waals surface area contributed by atoms with Gasteiger partial charge < -0.3 is 5.11 Å². The second-order valence-corrected chi connectivity index (χ2v) is 3.85. The molecule has 0 spiro atoms. The van der Waals surface area contributed by atoms with Crippen LogP contribution in [0.4, 0.5) is 0 Å². The maximum absolute atomic E-state index is 10.7. The molecule has 4 heteroatoms. The van der Waals surface area contributed by atoms with E-state index in [2.05, 4.69) is 16.3 Å². The Bertz CT molecular complexity index is 523. The lowest BCUT2D eigenvalue weighted by Gasteiger charge is -2.00. The Balaban J connectivity index is 2.46. The van der Waals surface area contributed by atoms with Crippen molar-refractivity contribution >= 4 is 5.97 Å². The van der Waals surface area contributed by atoms with Gasteiger partial charge in [-0.15, -0.1) is 0 Å². The molecule has 2 N–H and O–H groups in total. The predicted molar refractivity (Wildman–Crippen MR) is 60.5 cm³/mol. The summed E-state index contributed by atoms with van der Waals surface area (Å²) >= 11 is 0. The topological polar surface area (TPSA) is 66.0 Å². The number of aromatic nitrogens is 2. The first-order chi connectivity index (χ1) is 7.56. The minimum absolute atomic E-state index is 0.106. The number of aromatic carboxylic acids is 1. The van der Waals surface area contributed by atoms with Crippen LogP contribution in [0.1, 0.15) is 21.6 Å². The van der Waals surface area contributed by atoms with E-state index in [9.17, 15) is 4.79 Å². The number of nitrogens with zero attached hydrogens (tertiary/aromatic N) is 1. The van der Waals surface area contributed by atoms with Crippen molar-refractivity contribution in [3.05, 3.63) is 41.1 Å². The zero-order valence-corrected chi connectivity index (χ0v) is 9.11. The van der Waals surface area contributed by atoms with Crippen LogP contribution >= 0.6 is 0 Å². The maximum Gasteiger partial charge on any atom is 0.353 e. The van der Waals surface area contributed by atoms with Gasteiger partial charge in [0, 0.05) is 5.56 Å². The van der Waals surface area contributed by atoms with Crippen LogP contribution in [0.3, 0.4) is 0 Å². The van der Waals surface area contributed by atoms with Gasteiger partial charge in [0.2, 0.25) is 0 Å². The van der Waals surface area contributed by atoms with Crippen molar-refractivity contribution in [3.8, 4) is 11.3 Å². The molecule has 0 aliphatic rings. The Morgan fingerprint density at radius 3 is 2.31 bits per heavy atom. The summed E-state index contributed by atoms with van der Waals surface area (Å²) in [6.45, 7) is 4.00. The third kappa shape index (κ3) is 1.95. The Morgan fingerprint density at radius 1 is 1.19 bits per heavy atom. The van der Waals surface area contributed by atoms with Crippen molar-refractivity contribution in [2.45, 2.75) is 13.8 Å². The van der Waals surface area contributed by atoms with Crippen LogP contribution < -0.4 is 0 Å². The smallest absolute Gasteiger partial charge is 0.353 e. The van der Waals surface area contributed by atoms with E-state index in [0.29, 0.717) is 5.69 Å². The predicted octanol–water partition coefficient (Wildman–Crippen LogP) is 2.39. The zero-order valence-electron chi connectivity index (χ0n) is 9.11. The summed E-state index contributed by atoms with van der Waals surface area (Å²) in [5.74, 6) is -0.997. The molecule has 1 aromatic heterocycles. The molecule has 0 atom stereocenters. The molecule has 0 unspecified atom stereocenters. The molecule has 1 aromatic carbocycles. The van der Waals surface area contributed by atoms with Gasteiger partial charge in [-0.3, -0.25) is 5.10 Å². The van der Waals surface area contributed by atoms with E-state index in [-0.39, 0.29) is 5.69 Å². The van der Waals surface area contributed by atoms with Crippen LogP contribution in [0.15, 0.2) is 24.3 Å². The first-order valence-corrected chi connectivity index (χ1v) is 4.93. The molecule has 0 aliphatic carbocycles. The van der Waals surface area contributed by atoms with Gasteiger partial charge in [-0.05, 0) is 32.0 Å². The Morgan fingerprint density at radius 2 is 1.81 bits per heavy atom. The monoisotopic (exact) mass is 216 g/mol. The summed E-state index contributed by atoms with van der Waals surface area (Å²) in [5.41, 5.74) is 3.96. The molecule has 16 heavy (non-hydrogen) atoms. The molecule has 2 aromatic rings. The fraction of sp³-hybridized carbons (Fsp3) is 0.167. The zero-order chi connectivity index (χ0) is 11.7. The van der Waals surface area contributed by atoms with Crippen molar-refractivity contribution < 1.29 is 9.90 Å². The van der Waals surface area contributed by atoms with E-state index in [1.165, 1.54) is 6.07 Å². The number of H-pyrrole nitrogens is 1. The Labute approximate surface area is 92.9 Å². The fourth-order valence-corrected chi connectivity index (χ4v) is 1.70. The summed E-state index contributed by atoms with van der Waals surface area (Å²) in [6, 6.07) is 7.56. The number of aryl methyl sites for hydroxylation is 2. The van der Waals surface area contributed by atoms with E-state index >= 15 is 0 Å². The Kier molecular flexibility index (Phi) is 2.48. The average molecular weight is 216 g/mol. The van der Waals surface area contributed by atoms with Crippen molar-refractivity contribution in [1.82, 2.24) is 10.2 Å². The van der Waals surface area contributed by atoms with Crippen LogP contribution in [0.25, 0.3) is 11.3 Å². The van der Waals surface area contributed by atoms with Crippen molar-refractivity contribution in [2.24, 2.45) is 0 Å². The molecular formula is C12H12N2O2. The number of benzene rings is 1. The molecule has 4 nitrogen and oxygen atoms in total. The quantitative estimate of drug-likeness (QED) is 0.810. The van der Waals surface area contributed by atoms with Gasteiger partial charge in [-0.2, -0.15) is 5.10 Å². The molecule has 1 heterocycles. The van der Waals surface area contributed by atoms with E-state index < -0.39 is 5.97 Å². The normalized spacial score (nSPS) is 10.4. The highest BCUT2D eigenvalue weighted by molar-refractivity contribution is 5.86. The van der Waals surface area contributed by atoms with E-state index in [0.717, 1.165) is 16.7 Å². The van der Waals surface area contributed by atoms with Gasteiger partial charge in [-0.25, -0.2) is 4.79 Å². The number of hydrogen-bond donors (Lipinski definition) is 2. The first kappa shape index (κ1) is 10.4. The van der Waals surface area contributed by atoms with Gasteiger partial charge in [0.1, 0.15) is 5.69 Å². The largest absolute Gasteiger partial charge is 0.477 e. The van der Waals surface area contributed by atoms with Crippen molar-refractivity contribution in [2.75, 3.05) is 0 Å². The molecule has 0 radical (unpaired) electrons. The summed E-state index contributed by atoms with van der Waals surface area (Å²) in [7, 11) is 0. The number of rotatable bonds is 2. The minimum atomic E-state index is -0.997.